The molecule has 0 bridgehead atoms. The second-order valence-corrected chi connectivity index (χ2v) is 6.27. The van der Waals surface area contributed by atoms with Crippen LogP contribution in [0.3, 0.4) is 0 Å². The molecule has 130 valence electrons. The van der Waals surface area contributed by atoms with Gasteiger partial charge in [-0.3, -0.25) is 13.9 Å². The number of aryl methyl sites for hydroxylation is 4. The summed E-state index contributed by atoms with van der Waals surface area (Å²) in [5, 5.41) is 6.06. The van der Waals surface area contributed by atoms with E-state index in [1.54, 1.807) is 29.3 Å². The van der Waals surface area contributed by atoms with Crippen LogP contribution < -0.4 is 16.3 Å². The molecule has 0 spiro atoms. The van der Waals surface area contributed by atoms with E-state index in [0.717, 1.165) is 27.8 Å². The van der Waals surface area contributed by atoms with Crippen molar-refractivity contribution >= 4 is 28.3 Å². The van der Waals surface area contributed by atoms with E-state index in [9.17, 15) is 9.59 Å². The molecule has 0 saturated heterocycles. The van der Waals surface area contributed by atoms with Crippen LogP contribution >= 0.6 is 0 Å². The zero-order chi connectivity index (χ0) is 18.1. The molecule has 0 aliphatic heterocycles. The third-order valence-electron chi connectivity index (χ3n) is 4.46. The van der Waals surface area contributed by atoms with Crippen molar-refractivity contribution in [3.05, 3.63) is 58.0 Å². The second kappa shape index (κ2) is 6.47. The first-order valence-corrected chi connectivity index (χ1v) is 8.14. The number of hydrogen-bond donors (Lipinski definition) is 2. The quantitative estimate of drug-likeness (QED) is 0.768. The highest BCUT2D eigenvalue weighted by Gasteiger charge is 2.10. The highest BCUT2D eigenvalue weighted by molar-refractivity contribution is 5.95. The number of hydrogen-bond acceptors (Lipinski definition) is 3. The van der Waals surface area contributed by atoms with E-state index in [1.165, 1.54) is 0 Å². The Bertz CT molecular complexity index is 994. The Balaban J connectivity index is 1.74. The smallest absolute Gasteiger partial charge is 0.328 e. The van der Waals surface area contributed by atoms with E-state index in [4.69, 9.17) is 0 Å². The molecule has 25 heavy (non-hydrogen) atoms. The third kappa shape index (κ3) is 3.15. The van der Waals surface area contributed by atoms with Gasteiger partial charge in [-0.05, 0) is 43.2 Å². The fraction of sp³-hybridized carbons (Fsp3) is 0.263. The maximum atomic E-state index is 12.3. The van der Waals surface area contributed by atoms with Crippen LogP contribution in [0.1, 0.15) is 11.1 Å². The van der Waals surface area contributed by atoms with Crippen LogP contribution in [0.4, 0.5) is 11.4 Å². The average Bonchev–Trinajstić information content (AvgIpc) is 2.79. The molecule has 0 atom stereocenters. The van der Waals surface area contributed by atoms with Crippen LogP contribution in [-0.2, 0) is 18.9 Å². The van der Waals surface area contributed by atoms with Crippen molar-refractivity contribution in [2.24, 2.45) is 14.1 Å². The topological polar surface area (TPSA) is 68.1 Å². The Morgan fingerprint density at radius 1 is 1.00 bits per heavy atom. The van der Waals surface area contributed by atoms with Crippen LogP contribution in [-0.4, -0.2) is 21.6 Å². The number of para-hydroxylation sites is 1. The number of fused-ring (bicyclic) bond motifs is 1. The molecular weight excluding hydrogens is 316 g/mol. The van der Waals surface area contributed by atoms with Gasteiger partial charge >= 0.3 is 5.69 Å². The van der Waals surface area contributed by atoms with Crippen LogP contribution in [0.2, 0.25) is 0 Å². The fourth-order valence-electron chi connectivity index (χ4n) is 3.05. The standard InChI is InChI=1S/C19H22N4O2/c1-12-6-5-7-13(2)18(12)20-11-17(24)21-14-8-9-15-16(10-14)23(4)19(25)22(15)3/h5-10,20H,11H2,1-4H3,(H,21,24). The summed E-state index contributed by atoms with van der Waals surface area (Å²) in [5.74, 6) is -0.136. The van der Waals surface area contributed by atoms with E-state index >= 15 is 0 Å². The molecule has 0 fully saturated rings. The van der Waals surface area contributed by atoms with Crippen LogP contribution in [0.25, 0.3) is 11.0 Å². The summed E-state index contributed by atoms with van der Waals surface area (Å²) < 4.78 is 3.16. The number of aromatic nitrogens is 2. The van der Waals surface area contributed by atoms with E-state index in [2.05, 4.69) is 10.6 Å². The summed E-state index contributed by atoms with van der Waals surface area (Å²) in [6.45, 7) is 4.20. The SMILES string of the molecule is Cc1cccc(C)c1NCC(=O)Nc1ccc2c(c1)n(C)c(=O)n2C. The molecule has 6 heteroatoms. The Labute approximate surface area is 146 Å². The summed E-state index contributed by atoms with van der Waals surface area (Å²) in [5.41, 5.74) is 5.39. The van der Waals surface area contributed by atoms with Crippen LogP contribution in [0.5, 0.6) is 0 Å². The van der Waals surface area contributed by atoms with Crippen LogP contribution in [0.15, 0.2) is 41.2 Å². The summed E-state index contributed by atoms with van der Waals surface area (Å²) in [4.78, 5) is 24.2. The van der Waals surface area contributed by atoms with Gasteiger partial charge in [0.25, 0.3) is 0 Å². The van der Waals surface area contributed by atoms with Gasteiger partial charge in [0.1, 0.15) is 0 Å². The first-order valence-electron chi connectivity index (χ1n) is 8.14. The second-order valence-electron chi connectivity index (χ2n) is 6.27. The minimum absolute atomic E-state index is 0.0878. The lowest BCUT2D eigenvalue weighted by molar-refractivity contribution is -0.114. The number of nitrogens with one attached hydrogen (secondary N) is 2. The molecule has 0 radical (unpaired) electrons. The van der Waals surface area contributed by atoms with Crippen molar-refractivity contribution in [2.45, 2.75) is 13.8 Å². The van der Waals surface area contributed by atoms with Gasteiger partial charge < -0.3 is 10.6 Å². The third-order valence-corrected chi connectivity index (χ3v) is 4.46. The molecule has 2 N–H and O–H groups in total. The summed E-state index contributed by atoms with van der Waals surface area (Å²) >= 11 is 0. The van der Waals surface area contributed by atoms with E-state index in [1.807, 2.05) is 44.2 Å². The normalized spacial score (nSPS) is 10.9. The van der Waals surface area contributed by atoms with Gasteiger partial charge in [-0.25, -0.2) is 4.79 Å². The molecule has 2 aromatic carbocycles. The highest BCUT2D eigenvalue weighted by Crippen LogP contribution is 2.20. The van der Waals surface area contributed by atoms with Gasteiger partial charge in [0.15, 0.2) is 0 Å². The first-order chi connectivity index (χ1) is 11.9. The summed E-state index contributed by atoms with van der Waals surface area (Å²) in [6, 6.07) is 11.5. The van der Waals surface area contributed by atoms with Crippen molar-refractivity contribution in [1.29, 1.82) is 0 Å². The molecule has 3 aromatic rings. The van der Waals surface area contributed by atoms with Crippen molar-refractivity contribution in [3.8, 4) is 0 Å². The number of carbonyl (C=O) groups excluding carboxylic acids is 1. The zero-order valence-electron chi connectivity index (χ0n) is 14.9. The molecule has 1 heterocycles. The molecule has 0 aliphatic carbocycles. The van der Waals surface area contributed by atoms with Gasteiger partial charge in [0, 0.05) is 25.5 Å². The lowest BCUT2D eigenvalue weighted by Gasteiger charge is -2.12. The predicted molar refractivity (Wildman–Crippen MR) is 101 cm³/mol. The minimum atomic E-state index is -0.136. The average molecular weight is 338 g/mol. The molecule has 0 aliphatic rings. The maximum absolute atomic E-state index is 12.3. The van der Waals surface area contributed by atoms with Gasteiger partial charge in [0.2, 0.25) is 5.91 Å². The Morgan fingerprint density at radius 3 is 2.32 bits per heavy atom. The van der Waals surface area contributed by atoms with E-state index in [-0.39, 0.29) is 18.1 Å². The van der Waals surface area contributed by atoms with Crippen molar-refractivity contribution in [3.63, 3.8) is 0 Å². The molecule has 6 nitrogen and oxygen atoms in total. The highest BCUT2D eigenvalue weighted by atomic mass is 16.2. The zero-order valence-corrected chi connectivity index (χ0v) is 14.9. The lowest BCUT2D eigenvalue weighted by Crippen LogP contribution is -2.22. The Kier molecular flexibility index (Phi) is 4.35. The lowest BCUT2D eigenvalue weighted by atomic mass is 10.1. The number of rotatable bonds is 4. The number of anilines is 2. The number of imidazole rings is 1. The van der Waals surface area contributed by atoms with Gasteiger partial charge in [0.05, 0.1) is 17.6 Å². The van der Waals surface area contributed by atoms with Crippen LogP contribution in [0, 0.1) is 13.8 Å². The number of carbonyl (C=O) groups is 1. The summed E-state index contributed by atoms with van der Waals surface area (Å²) in [7, 11) is 3.45. The Morgan fingerprint density at radius 2 is 1.64 bits per heavy atom. The molecular formula is C19H22N4O2. The number of amides is 1. The molecule has 1 amide bonds. The van der Waals surface area contributed by atoms with Crippen molar-refractivity contribution < 1.29 is 4.79 Å². The van der Waals surface area contributed by atoms with Crippen molar-refractivity contribution in [1.82, 2.24) is 9.13 Å². The van der Waals surface area contributed by atoms with Gasteiger partial charge in [-0.15, -0.1) is 0 Å². The fourth-order valence-corrected chi connectivity index (χ4v) is 3.05. The maximum Gasteiger partial charge on any atom is 0.328 e. The molecule has 3 rings (SSSR count). The van der Waals surface area contributed by atoms with Crippen molar-refractivity contribution in [2.75, 3.05) is 17.2 Å². The van der Waals surface area contributed by atoms with Gasteiger partial charge in [-0.2, -0.15) is 0 Å². The number of nitrogens with zero attached hydrogens (tertiary/aromatic N) is 2. The minimum Gasteiger partial charge on any atom is -0.376 e. The number of benzene rings is 2. The molecule has 1 aromatic heterocycles. The first kappa shape index (κ1) is 16.8. The molecule has 0 saturated carbocycles. The largest absolute Gasteiger partial charge is 0.376 e. The predicted octanol–water partition coefficient (Wildman–Crippen LogP) is 2.54. The van der Waals surface area contributed by atoms with Gasteiger partial charge in [-0.1, -0.05) is 18.2 Å². The Hall–Kier alpha value is -3.02. The van der Waals surface area contributed by atoms with E-state index < -0.39 is 0 Å². The van der Waals surface area contributed by atoms with E-state index in [0.29, 0.717) is 5.69 Å². The monoisotopic (exact) mass is 338 g/mol. The summed E-state index contributed by atoms with van der Waals surface area (Å²) in [6.07, 6.45) is 0. The molecule has 0 unspecified atom stereocenters.